The molecule has 17 heavy (non-hydrogen) atoms. The Labute approximate surface area is 106 Å². The molecule has 96 valence electrons. The lowest BCUT2D eigenvalue weighted by Crippen LogP contribution is -2.39. The molecule has 7 nitrogen and oxygen atoms in total. The van der Waals surface area contributed by atoms with Crippen LogP contribution in [0.25, 0.3) is 0 Å². The summed E-state index contributed by atoms with van der Waals surface area (Å²) in [4.78, 5) is 22.9. The summed E-state index contributed by atoms with van der Waals surface area (Å²) >= 11 is 0.943. The second-order valence-corrected chi connectivity index (χ2v) is 7.15. The average molecular weight is 300 g/mol. The van der Waals surface area contributed by atoms with Crippen molar-refractivity contribution in [2.75, 3.05) is 11.5 Å². The lowest BCUT2D eigenvalue weighted by atomic mass is 10.8. The van der Waals surface area contributed by atoms with E-state index in [-0.39, 0.29) is 16.5 Å². The maximum Gasteiger partial charge on any atom is 0.346 e. The van der Waals surface area contributed by atoms with Crippen LogP contribution in [0.5, 0.6) is 0 Å². The number of nitrogens with zero attached hydrogens (tertiary/aromatic N) is 3. The molecular formula is C7H10ClN3O4S2. The molecular weight excluding hydrogens is 290 g/mol. The predicted molar refractivity (Wildman–Crippen MR) is 65.1 cm³/mol. The Morgan fingerprint density at radius 3 is 2.47 bits per heavy atom. The lowest BCUT2D eigenvalue weighted by Gasteiger charge is -2.04. The number of aryl methyl sites for hydroxylation is 1. The Hall–Kier alpha value is -0.800. The normalized spacial score (nSPS) is 11.7. The van der Waals surface area contributed by atoms with Crippen LogP contribution < -0.4 is 11.2 Å². The van der Waals surface area contributed by atoms with E-state index in [0.717, 1.165) is 21.0 Å². The molecule has 0 N–H and O–H groups in total. The van der Waals surface area contributed by atoms with Crippen LogP contribution in [0, 0.1) is 0 Å². The molecule has 0 saturated heterocycles. The van der Waals surface area contributed by atoms with Gasteiger partial charge in [0.15, 0.2) is 5.03 Å². The zero-order chi connectivity index (χ0) is 13.2. The molecule has 0 radical (unpaired) electrons. The van der Waals surface area contributed by atoms with Gasteiger partial charge in [-0.2, -0.15) is 5.10 Å². The summed E-state index contributed by atoms with van der Waals surface area (Å²) in [5.41, 5.74) is -1.09. The molecule has 0 aliphatic heterocycles. The first-order valence-corrected chi connectivity index (χ1v) is 7.88. The fourth-order valence-corrected chi connectivity index (χ4v) is 3.33. The van der Waals surface area contributed by atoms with E-state index in [1.807, 2.05) is 0 Å². The largest absolute Gasteiger partial charge is 0.346 e. The van der Waals surface area contributed by atoms with Gasteiger partial charge in [0.05, 0.1) is 5.75 Å². The van der Waals surface area contributed by atoms with E-state index < -0.39 is 20.3 Å². The van der Waals surface area contributed by atoms with Crippen LogP contribution in [0.4, 0.5) is 0 Å². The van der Waals surface area contributed by atoms with Crippen LogP contribution in [0.3, 0.4) is 0 Å². The summed E-state index contributed by atoms with van der Waals surface area (Å²) in [6.07, 6.45) is 0. The van der Waals surface area contributed by atoms with Crippen LogP contribution >= 0.6 is 22.4 Å². The summed E-state index contributed by atoms with van der Waals surface area (Å²) in [6.45, 7) is 0. The van der Waals surface area contributed by atoms with Crippen molar-refractivity contribution >= 4 is 31.5 Å². The first-order valence-electron chi connectivity index (χ1n) is 4.42. The lowest BCUT2D eigenvalue weighted by molar-refractivity contribution is 0.562. The second-order valence-electron chi connectivity index (χ2n) is 3.17. The van der Waals surface area contributed by atoms with E-state index >= 15 is 0 Å². The molecule has 0 aliphatic carbocycles. The van der Waals surface area contributed by atoms with Gasteiger partial charge in [-0.25, -0.2) is 17.9 Å². The molecule has 10 heteroatoms. The Bertz CT molecular complexity index is 633. The molecule has 0 bridgehead atoms. The zero-order valence-electron chi connectivity index (χ0n) is 9.08. The monoisotopic (exact) mass is 299 g/mol. The van der Waals surface area contributed by atoms with Gasteiger partial charge in [-0.3, -0.25) is 9.36 Å². The van der Waals surface area contributed by atoms with E-state index in [2.05, 4.69) is 5.10 Å². The number of halogens is 1. The fraction of sp³-hybridized carbons (Fsp3) is 0.571. The van der Waals surface area contributed by atoms with Gasteiger partial charge in [0.1, 0.15) is 0 Å². The van der Waals surface area contributed by atoms with Crippen LogP contribution in [-0.2, 0) is 23.1 Å². The maximum absolute atomic E-state index is 11.6. The third kappa shape index (κ3) is 3.86. The van der Waals surface area contributed by atoms with Crippen molar-refractivity contribution in [1.82, 2.24) is 14.3 Å². The SMILES string of the molecule is Cn1nc(SCCS(=O)(=O)Cl)c(=O)n(C)c1=O. The molecule has 1 aromatic rings. The zero-order valence-corrected chi connectivity index (χ0v) is 11.5. The third-order valence-corrected chi connectivity index (χ3v) is 4.21. The first kappa shape index (κ1) is 14.3. The van der Waals surface area contributed by atoms with E-state index in [9.17, 15) is 18.0 Å². The Balaban J connectivity index is 2.94. The van der Waals surface area contributed by atoms with Crippen LogP contribution in [0.15, 0.2) is 14.6 Å². The molecule has 0 spiro atoms. The maximum atomic E-state index is 11.6. The highest BCUT2D eigenvalue weighted by Gasteiger charge is 2.11. The number of aromatic nitrogens is 3. The molecule has 0 aromatic carbocycles. The second kappa shape index (κ2) is 5.23. The minimum absolute atomic E-state index is 0.0647. The first-order chi connectivity index (χ1) is 7.72. The van der Waals surface area contributed by atoms with Crippen molar-refractivity contribution < 1.29 is 8.42 Å². The van der Waals surface area contributed by atoms with Crippen molar-refractivity contribution in [1.29, 1.82) is 0 Å². The van der Waals surface area contributed by atoms with Crippen molar-refractivity contribution in [3.63, 3.8) is 0 Å². The molecule has 0 saturated carbocycles. The predicted octanol–water partition coefficient (Wildman–Crippen LogP) is -0.860. The smallest absolute Gasteiger partial charge is 0.266 e. The van der Waals surface area contributed by atoms with E-state index in [4.69, 9.17) is 10.7 Å². The van der Waals surface area contributed by atoms with Crippen molar-refractivity contribution in [3.05, 3.63) is 20.8 Å². The van der Waals surface area contributed by atoms with Crippen molar-refractivity contribution in [2.24, 2.45) is 14.1 Å². The molecule has 1 aromatic heterocycles. The van der Waals surface area contributed by atoms with Crippen LogP contribution in [-0.4, -0.2) is 34.3 Å². The molecule has 1 rings (SSSR count). The minimum atomic E-state index is -3.59. The van der Waals surface area contributed by atoms with E-state index in [1.54, 1.807) is 0 Å². The van der Waals surface area contributed by atoms with E-state index in [1.165, 1.54) is 14.1 Å². The topological polar surface area (TPSA) is 91.0 Å². The Morgan fingerprint density at radius 1 is 1.35 bits per heavy atom. The van der Waals surface area contributed by atoms with Gasteiger partial charge in [0, 0.05) is 30.5 Å². The van der Waals surface area contributed by atoms with Gasteiger partial charge in [-0.15, -0.1) is 0 Å². The van der Waals surface area contributed by atoms with Gasteiger partial charge >= 0.3 is 5.69 Å². The molecule has 0 atom stereocenters. The number of thioether (sulfide) groups is 1. The third-order valence-electron chi connectivity index (χ3n) is 1.86. The van der Waals surface area contributed by atoms with Crippen LogP contribution in [0.1, 0.15) is 0 Å². The molecule has 0 amide bonds. The quantitative estimate of drug-likeness (QED) is 0.531. The highest BCUT2D eigenvalue weighted by Crippen LogP contribution is 2.10. The van der Waals surface area contributed by atoms with Crippen molar-refractivity contribution in [2.45, 2.75) is 5.03 Å². The van der Waals surface area contributed by atoms with Crippen molar-refractivity contribution in [3.8, 4) is 0 Å². The average Bonchev–Trinajstić information content (AvgIpc) is 2.21. The van der Waals surface area contributed by atoms with Gasteiger partial charge in [-0.05, 0) is 0 Å². The highest BCUT2D eigenvalue weighted by molar-refractivity contribution is 8.14. The Kier molecular flexibility index (Phi) is 4.39. The van der Waals surface area contributed by atoms with Gasteiger partial charge in [0.25, 0.3) is 5.56 Å². The number of rotatable bonds is 4. The summed E-state index contributed by atoms with van der Waals surface area (Å²) in [5.74, 6) is -0.167. The van der Waals surface area contributed by atoms with Gasteiger partial charge < -0.3 is 0 Å². The summed E-state index contributed by atoms with van der Waals surface area (Å²) in [7, 11) is 4.17. The Morgan fingerprint density at radius 2 is 1.94 bits per heavy atom. The highest BCUT2D eigenvalue weighted by atomic mass is 35.7. The molecule has 0 fully saturated rings. The fourth-order valence-electron chi connectivity index (χ4n) is 0.998. The molecule has 0 aliphatic rings. The van der Waals surface area contributed by atoms with E-state index in [0.29, 0.717) is 0 Å². The number of hydrogen-bond donors (Lipinski definition) is 0. The van der Waals surface area contributed by atoms with Gasteiger partial charge in [0.2, 0.25) is 9.05 Å². The minimum Gasteiger partial charge on any atom is -0.266 e. The summed E-state index contributed by atoms with van der Waals surface area (Å²) in [6, 6.07) is 0. The number of hydrogen-bond acceptors (Lipinski definition) is 6. The molecule has 0 unspecified atom stereocenters. The van der Waals surface area contributed by atoms with Crippen LogP contribution in [0.2, 0.25) is 0 Å². The summed E-state index contributed by atoms with van der Waals surface area (Å²) < 4.78 is 23.3. The molecule has 1 heterocycles. The van der Waals surface area contributed by atoms with Gasteiger partial charge in [-0.1, -0.05) is 11.8 Å². The standard InChI is InChI=1S/C7H10ClN3O4S2/c1-10-6(12)5(9-11(2)7(10)13)16-3-4-17(8,14)15/h3-4H2,1-2H3. The summed E-state index contributed by atoms with van der Waals surface area (Å²) in [5, 5.41) is 3.81.